The van der Waals surface area contributed by atoms with E-state index in [2.05, 4.69) is 78.2 Å². The van der Waals surface area contributed by atoms with Crippen LogP contribution in [0.15, 0.2) is 85.3 Å². The van der Waals surface area contributed by atoms with Crippen LogP contribution in [0.3, 0.4) is 0 Å². The lowest BCUT2D eigenvalue weighted by Gasteiger charge is -2.31. The number of pyridine rings is 1. The molecule has 1 saturated heterocycles. The Kier molecular flexibility index (Phi) is 6.13. The van der Waals surface area contributed by atoms with Crippen LogP contribution in [-0.2, 0) is 6.54 Å². The Hall–Kier alpha value is -4.10. The van der Waals surface area contributed by atoms with Crippen LogP contribution in [0, 0.1) is 6.92 Å². The molecule has 0 bridgehead atoms. The van der Waals surface area contributed by atoms with E-state index in [0.29, 0.717) is 11.7 Å². The zero-order valence-corrected chi connectivity index (χ0v) is 20.4. The Morgan fingerprint density at radius 2 is 1.75 bits per heavy atom. The van der Waals surface area contributed by atoms with Crippen molar-refractivity contribution in [3.8, 4) is 28.5 Å². The molecular formula is C29H29N7. The molecule has 0 saturated carbocycles. The van der Waals surface area contributed by atoms with Gasteiger partial charge in [0.1, 0.15) is 11.5 Å². The number of aryl methyl sites for hydroxylation is 1. The molecule has 0 unspecified atom stereocenters. The van der Waals surface area contributed by atoms with Crippen LogP contribution in [0.25, 0.3) is 28.5 Å². The van der Waals surface area contributed by atoms with Crippen LogP contribution < -0.4 is 0 Å². The molecule has 0 radical (unpaired) electrons. The zero-order chi connectivity index (χ0) is 24.3. The molecule has 36 heavy (non-hydrogen) atoms. The van der Waals surface area contributed by atoms with Gasteiger partial charge in [-0.15, -0.1) is 0 Å². The minimum absolute atomic E-state index is 0.401. The molecule has 1 aliphatic rings. The number of aromatic nitrogens is 6. The standard InChI is InChI=1S/C29H29N7/c1-21-7-5-12-26(31-21)29-32-28(33-34-29)24-13-15-35(16-14-24)19-22-8-6-11-25(17-22)36-20-30-18-27(36)23-9-3-2-4-10-23/h2-12,17-18,20,24H,13-16,19H2,1H3,(H,32,33,34). The van der Waals surface area contributed by atoms with Crippen LogP contribution in [-0.4, -0.2) is 47.7 Å². The Morgan fingerprint density at radius 1 is 0.917 bits per heavy atom. The highest BCUT2D eigenvalue weighted by molar-refractivity contribution is 5.61. The summed E-state index contributed by atoms with van der Waals surface area (Å²) in [7, 11) is 0. The van der Waals surface area contributed by atoms with Crippen LogP contribution in [0.1, 0.15) is 35.8 Å². The predicted octanol–water partition coefficient (Wildman–Crippen LogP) is 5.41. The number of benzene rings is 2. The van der Waals surface area contributed by atoms with E-state index in [1.807, 2.05) is 43.7 Å². The molecule has 1 aliphatic heterocycles. The summed E-state index contributed by atoms with van der Waals surface area (Å²) in [6.07, 6.45) is 5.95. The quantitative estimate of drug-likeness (QED) is 0.356. The second-order valence-corrected chi connectivity index (χ2v) is 9.44. The average molecular weight is 476 g/mol. The van der Waals surface area contributed by atoms with Gasteiger partial charge in [-0.1, -0.05) is 48.5 Å². The maximum absolute atomic E-state index is 4.77. The number of H-pyrrole nitrogens is 1. The summed E-state index contributed by atoms with van der Waals surface area (Å²) in [6, 6.07) is 25.1. The molecule has 2 aromatic carbocycles. The van der Waals surface area contributed by atoms with Crippen molar-refractivity contribution < 1.29 is 0 Å². The molecule has 0 aliphatic carbocycles. The smallest absolute Gasteiger partial charge is 0.199 e. The van der Waals surface area contributed by atoms with Crippen LogP contribution in [0.5, 0.6) is 0 Å². The average Bonchev–Trinajstić information content (AvgIpc) is 3.61. The van der Waals surface area contributed by atoms with Crippen LogP contribution in [0.2, 0.25) is 0 Å². The van der Waals surface area contributed by atoms with Crippen molar-refractivity contribution in [2.24, 2.45) is 0 Å². The van der Waals surface area contributed by atoms with E-state index in [-0.39, 0.29) is 0 Å². The Morgan fingerprint density at radius 3 is 2.58 bits per heavy atom. The van der Waals surface area contributed by atoms with E-state index in [1.165, 1.54) is 5.56 Å². The lowest BCUT2D eigenvalue weighted by molar-refractivity contribution is 0.202. The van der Waals surface area contributed by atoms with Crippen molar-refractivity contribution in [3.05, 3.63) is 102 Å². The fraction of sp³-hybridized carbons (Fsp3) is 0.241. The van der Waals surface area contributed by atoms with Gasteiger partial charge in [-0.05, 0) is 62.7 Å². The largest absolute Gasteiger partial charge is 0.299 e. The van der Waals surface area contributed by atoms with E-state index in [4.69, 9.17) is 4.98 Å². The lowest BCUT2D eigenvalue weighted by Crippen LogP contribution is -2.32. The topological polar surface area (TPSA) is 75.5 Å². The van der Waals surface area contributed by atoms with E-state index in [1.54, 1.807) is 0 Å². The number of likely N-dealkylation sites (tertiary alicyclic amines) is 1. The number of piperidine rings is 1. The monoisotopic (exact) mass is 475 g/mol. The summed E-state index contributed by atoms with van der Waals surface area (Å²) < 4.78 is 2.16. The molecule has 0 spiro atoms. The summed E-state index contributed by atoms with van der Waals surface area (Å²) in [6.45, 7) is 4.99. The Balaban J connectivity index is 1.11. The minimum Gasteiger partial charge on any atom is -0.299 e. The van der Waals surface area contributed by atoms with Gasteiger partial charge in [0, 0.05) is 29.4 Å². The van der Waals surface area contributed by atoms with Gasteiger partial charge < -0.3 is 0 Å². The third-order valence-electron chi connectivity index (χ3n) is 6.90. The third-order valence-corrected chi connectivity index (χ3v) is 6.90. The molecule has 6 rings (SSSR count). The number of hydrogen-bond acceptors (Lipinski definition) is 5. The zero-order valence-electron chi connectivity index (χ0n) is 20.4. The van der Waals surface area contributed by atoms with E-state index >= 15 is 0 Å². The fourth-order valence-electron chi connectivity index (χ4n) is 4.99. The number of rotatable bonds is 6. The maximum atomic E-state index is 4.77. The van der Waals surface area contributed by atoms with Gasteiger partial charge in [-0.25, -0.2) is 15.0 Å². The third kappa shape index (κ3) is 4.70. The highest BCUT2D eigenvalue weighted by Crippen LogP contribution is 2.28. The molecule has 0 atom stereocenters. The summed E-state index contributed by atoms with van der Waals surface area (Å²) in [5.41, 5.74) is 6.50. The lowest BCUT2D eigenvalue weighted by atomic mass is 9.96. The normalized spacial score (nSPS) is 14.8. The molecule has 5 aromatic rings. The van der Waals surface area contributed by atoms with Gasteiger partial charge in [-0.3, -0.25) is 14.6 Å². The van der Waals surface area contributed by atoms with Crippen molar-refractivity contribution in [2.75, 3.05) is 13.1 Å². The number of nitrogens with zero attached hydrogens (tertiary/aromatic N) is 6. The first-order valence-electron chi connectivity index (χ1n) is 12.5. The maximum Gasteiger partial charge on any atom is 0.199 e. The summed E-state index contributed by atoms with van der Waals surface area (Å²) in [5.74, 6) is 2.06. The first-order valence-corrected chi connectivity index (χ1v) is 12.5. The van der Waals surface area contributed by atoms with Gasteiger partial charge in [0.05, 0.1) is 18.2 Å². The van der Waals surface area contributed by atoms with Gasteiger partial charge in [0.2, 0.25) is 0 Å². The van der Waals surface area contributed by atoms with Crippen molar-refractivity contribution in [3.63, 3.8) is 0 Å². The predicted molar refractivity (Wildman–Crippen MR) is 141 cm³/mol. The highest BCUT2D eigenvalue weighted by Gasteiger charge is 2.24. The van der Waals surface area contributed by atoms with Gasteiger partial charge in [-0.2, -0.15) is 5.10 Å². The number of aromatic amines is 1. The second kappa shape index (κ2) is 9.87. The first kappa shape index (κ1) is 22.4. The molecule has 0 amide bonds. The second-order valence-electron chi connectivity index (χ2n) is 9.44. The van der Waals surface area contributed by atoms with E-state index < -0.39 is 0 Å². The number of imidazole rings is 1. The number of nitrogens with one attached hydrogen (secondary N) is 1. The molecule has 180 valence electrons. The molecule has 4 heterocycles. The molecule has 7 heteroatoms. The van der Waals surface area contributed by atoms with Crippen LogP contribution >= 0.6 is 0 Å². The molecular weight excluding hydrogens is 446 g/mol. The highest BCUT2D eigenvalue weighted by atomic mass is 15.2. The SMILES string of the molecule is Cc1cccc(-c2n[nH]c(C3CCN(Cc4cccc(-n5cncc5-c5ccccc5)c4)CC3)n2)n1. The summed E-state index contributed by atoms with van der Waals surface area (Å²) in [5, 5.41) is 7.60. The van der Waals surface area contributed by atoms with E-state index in [0.717, 1.165) is 66.6 Å². The fourth-order valence-corrected chi connectivity index (χ4v) is 4.99. The van der Waals surface area contributed by atoms with Crippen molar-refractivity contribution in [1.82, 2.24) is 34.6 Å². The molecule has 1 fully saturated rings. The van der Waals surface area contributed by atoms with Crippen molar-refractivity contribution >= 4 is 0 Å². The summed E-state index contributed by atoms with van der Waals surface area (Å²) in [4.78, 5) is 16.3. The van der Waals surface area contributed by atoms with Gasteiger partial charge in [0.25, 0.3) is 0 Å². The molecule has 7 nitrogen and oxygen atoms in total. The van der Waals surface area contributed by atoms with Crippen LogP contribution in [0.4, 0.5) is 0 Å². The Labute approximate surface area is 210 Å². The molecule has 3 aromatic heterocycles. The number of hydrogen-bond donors (Lipinski definition) is 1. The first-order chi connectivity index (χ1) is 17.7. The Bertz CT molecular complexity index is 1450. The van der Waals surface area contributed by atoms with Gasteiger partial charge >= 0.3 is 0 Å². The van der Waals surface area contributed by atoms with Crippen molar-refractivity contribution in [1.29, 1.82) is 0 Å². The summed E-state index contributed by atoms with van der Waals surface area (Å²) >= 11 is 0. The minimum atomic E-state index is 0.401. The molecule has 1 N–H and O–H groups in total. The van der Waals surface area contributed by atoms with E-state index in [9.17, 15) is 0 Å². The van der Waals surface area contributed by atoms with Crippen molar-refractivity contribution in [2.45, 2.75) is 32.2 Å². The van der Waals surface area contributed by atoms with Gasteiger partial charge in [0.15, 0.2) is 5.82 Å².